The quantitative estimate of drug-likeness (QED) is 0.138. The lowest BCUT2D eigenvalue weighted by Crippen LogP contribution is -2.24. The largest absolute Gasteiger partial charge is 0.443 e. The van der Waals surface area contributed by atoms with E-state index in [1.807, 2.05) is 60.7 Å². The molecule has 0 radical (unpaired) electrons. The van der Waals surface area contributed by atoms with Crippen molar-refractivity contribution in [2.75, 3.05) is 0 Å². The number of aromatic nitrogens is 5. The Bertz CT molecular complexity index is 2810. The van der Waals surface area contributed by atoms with Gasteiger partial charge in [0, 0.05) is 44.6 Å². The van der Waals surface area contributed by atoms with Gasteiger partial charge in [0.25, 0.3) is 0 Å². The fraction of sp³-hybridized carbons (Fsp3) is 0.143. The molecule has 8 heteroatoms. The first-order chi connectivity index (χ1) is 27.8. The van der Waals surface area contributed by atoms with E-state index in [0.717, 1.165) is 53.6 Å². The molecule has 0 saturated heterocycles. The molecule has 276 valence electrons. The molecule has 6 nitrogen and oxygen atoms in total. The van der Waals surface area contributed by atoms with Crippen molar-refractivity contribution in [3.8, 4) is 51.0 Å². The first kappa shape index (κ1) is 36.1. The molecule has 0 bridgehead atoms. The van der Waals surface area contributed by atoms with Crippen molar-refractivity contribution in [2.24, 2.45) is 0 Å². The highest BCUT2D eigenvalue weighted by atomic mass is 16.3. The standard InChI is InChI=1S/C49H43B2N5O/c1-30(34-20-21-40-39(28-34)43-41(49(40,3)4)22-23-42-44(43)57-29-52-42)26-38-37(24-25-50-5)31(2)56(45(38)51-6)36-19-13-18-35(27-36)48-54-46(32-14-9-7-10-15-32)53-47(55-48)33-16-11-8-12-17-33/h7-29,50-51H,1-6H3/b25-24-,30-26+. The second-order valence-electron chi connectivity index (χ2n) is 15.3. The zero-order chi connectivity index (χ0) is 39.3. The summed E-state index contributed by atoms with van der Waals surface area (Å²) in [5, 5.41) is 0. The Morgan fingerprint density at radius 1 is 0.719 bits per heavy atom. The van der Waals surface area contributed by atoms with Gasteiger partial charge in [0.1, 0.15) is 12.8 Å². The van der Waals surface area contributed by atoms with Crippen LogP contribution in [0.2, 0.25) is 13.6 Å². The van der Waals surface area contributed by atoms with Crippen molar-refractivity contribution in [1.29, 1.82) is 0 Å². The van der Waals surface area contributed by atoms with E-state index in [4.69, 9.17) is 19.4 Å². The molecule has 1 aliphatic rings. The van der Waals surface area contributed by atoms with Crippen LogP contribution in [0.3, 0.4) is 0 Å². The maximum atomic E-state index is 5.99. The third kappa shape index (κ3) is 6.26. The SMILES string of the molecule is CB/C=C\c1c(/C=C(\C)c2ccc3c(c2)-c2c(ccc4ncoc24)C3(C)C)c(BC)n(-c2cccc(-c3nc(-c4ccccc4)nc(-c4ccccc4)n3)c2)c1C. The van der Waals surface area contributed by atoms with E-state index in [1.165, 1.54) is 50.2 Å². The number of benzene rings is 5. The van der Waals surface area contributed by atoms with E-state index in [2.05, 4.69) is 124 Å². The first-order valence-corrected chi connectivity index (χ1v) is 19.9. The molecule has 8 aromatic rings. The van der Waals surface area contributed by atoms with Gasteiger partial charge in [-0.3, -0.25) is 0 Å². The van der Waals surface area contributed by atoms with E-state index in [0.29, 0.717) is 17.5 Å². The lowest BCUT2D eigenvalue weighted by molar-refractivity contribution is 0.601. The summed E-state index contributed by atoms with van der Waals surface area (Å²) in [7, 11) is 1.80. The normalized spacial score (nSPS) is 13.3. The molecule has 0 saturated carbocycles. The summed E-state index contributed by atoms with van der Waals surface area (Å²) in [5.41, 5.74) is 17.8. The predicted molar refractivity (Wildman–Crippen MR) is 240 cm³/mol. The van der Waals surface area contributed by atoms with Crippen LogP contribution < -0.4 is 5.59 Å². The second kappa shape index (κ2) is 14.5. The third-order valence-electron chi connectivity index (χ3n) is 11.5. The van der Waals surface area contributed by atoms with E-state index >= 15 is 0 Å². The van der Waals surface area contributed by atoms with Crippen LogP contribution in [-0.2, 0) is 5.41 Å². The highest BCUT2D eigenvalue weighted by molar-refractivity contribution is 6.53. The van der Waals surface area contributed by atoms with Crippen LogP contribution in [-0.4, -0.2) is 39.1 Å². The molecular formula is C49H43B2N5O. The Morgan fingerprint density at radius 3 is 2.04 bits per heavy atom. The van der Waals surface area contributed by atoms with Crippen molar-refractivity contribution >= 4 is 49.0 Å². The van der Waals surface area contributed by atoms with Gasteiger partial charge in [-0.25, -0.2) is 19.9 Å². The molecule has 3 aromatic heterocycles. The first-order valence-electron chi connectivity index (χ1n) is 19.9. The van der Waals surface area contributed by atoms with Crippen molar-refractivity contribution in [2.45, 2.75) is 46.8 Å². The fourth-order valence-electron chi connectivity index (χ4n) is 8.52. The van der Waals surface area contributed by atoms with Crippen LogP contribution in [0.1, 0.15) is 54.3 Å². The Morgan fingerprint density at radius 2 is 1.37 bits per heavy atom. The Labute approximate surface area is 335 Å². The Hall–Kier alpha value is -6.53. The number of oxazole rings is 1. The highest BCUT2D eigenvalue weighted by Gasteiger charge is 2.37. The molecule has 0 spiro atoms. The Balaban J connectivity index is 1.16. The molecule has 1 aliphatic carbocycles. The molecule has 3 heterocycles. The summed E-state index contributed by atoms with van der Waals surface area (Å²) in [6, 6.07) is 40.1. The van der Waals surface area contributed by atoms with Crippen LogP contribution in [0, 0.1) is 6.92 Å². The molecule has 0 amide bonds. The summed E-state index contributed by atoms with van der Waals surface area (Å²) in [6.07, 6.45) is 6.23. The summed E-state index contributed by atoms with van der Waals surface area (Å²) in [5.74, 6) is 4.19. The maximum Gasteiger partial charge on any atom is 0.182 e. The van der Waals surface area contributed by atoms with E-state index in [1.54, 1.807) is 6.39 Å². The van der Waals surface area contributed by atoms with Crippen molar-refractivity contribution < 1.29 is 4.42 Å². The van der Waals surface area contributed by atoms with Gasteiger partial charge in [0.2, 0.25) is 0 Å². The highest BCUT2D eigenvalue weighted by Crippen LogP contribution is 2.51. The number of fused-ring (bicyclic) bond motifs is 5. The molecule has 0 unspecified atom stereocenters. The van der Waals surface area contributed by atoms with Crippen LogP contribution in [0.25, 0.3) is 79.8 Å². The molecule has 0 aliphatic heterocycles. The summed E-state index contributed by atoms with van der Waals surface area (Å²) >= 11 is 0. The summed E-state index contributed by atoms with van der Waals surface area (Å²) in [4.78, 5) is 19.5. The minimum atomic E-state index is -0.133. The van der Waals surface area contributed by atoms with Gasteiger partial charge < -0.3 is 8.98 Å². The lowest BCUT2D eigenvalue weighted by Gasteiger charge is -2.21. The van der Waals surface area contributed by atoms with Gasteiger partial charge in [-0.2, -0.15) is 0 Å². The number of hydrogen-bond acceptors (Lipinski definition) is 5. The molecule has 5 aromatic carbocycles. The molecule has 0 atom stereocenters. The minimum absolute atomic E-state index is 0.133. The average Bonchev–Trinajstić information content (AvgIpc) is 3.90. The van der Waals surface area contributed by atoms with Crippen LogP contribution in [0.4, 0.5) is 0 Å². The second-order valence-corrected chi connectivity index (χ2v) is 15.3. The number of allylic oxidation sites excluding steroid dienone is 1. The number of rotatable bonds is 9. The van der Waals surface area contributed by atoms with Gasteiger partial charge >= 0.3 is 0 Å². The smallest absolute Gasteiger partial charge is 0.182 e. The lowest BCUT2D eigenvalue weighted by atomic mass is 9.74. The van der Waals surface area contributed by atoms with Crippen LogP contribution in [0.5, 0.6) is 0 Å². The zero-order valence-corrected chi connectivity index (χ0v) is 33.3. The van der Waals surface area contributed by atoms with Crippen molar-refractivity contribution in [1.82, 2.24) is 24.5 Å². The zero-order valence-electron chi connectivity index (χ0n) is 33.3. The van der Waals surface area contributed by atoms with Gasteiger partial charge in [0.15, 0.2) is 36.7 Å². The molecule has 0 N–H and O–H groups in total. The number of hydrogen-bond donors (Lipinski definition) is 0. The van der Waals surface area contributed by atoms with Gasteiger partial charge in [-0.05, 0) is 83.2 Å². The van der Waals surface area contributed by atoms with Crippen molar-refractivity contribution in [3.05, 3.63) is 161 Å². The topological polar surface area (TPSA) is 69.6 Å². The van der Waals surface area contributed by atoms with Crippen LogP contribution in [0.15, 0.2) is 132 Å². The van der Waals surface area contributed by atoms with Gasteiger partial charge in [-0.1, -0.05) is 125 Å². The monoisotopic (exact) mass is 739 g/mol. The molecular weight excluding hydrogens is 696 g/mol. The molecule has 57 heavy (non-hydrogen) atoms. The van der Waals surface area contributed by atoms with Gasteiger partial charge in [0.05, 0.1) is 0 Å². The maximum absolute atomic E-state index is 5.99. The van der Waals surface area contributed by atoms with E-state index in [-0.39, 0.29) is 5.41 Å². The Kier molecular flexibility index (Phi) is 9.20. The minimum Gasteiger partial charge on any atom is -0.443 e. The fourth-order valence-corrected chi connectivity index (χ4v) is 8.52. The van der Waals surface area contributed by atoms with E-state index in [9.17, 15) is 0 Å². The molecule has 9 rings (SSSR count). The summed E-state index contributed by atoms with van der Waals surface area (Å²) in [6.45, 7) is 13.5. The van der Waals surface area contributed by atoms with Crippen LogP contribution >= 0.6 is 0 Å². The summed E-state index contributed by atoms with van der Waals surface area (Å²) < 4.78 is 8.40. The molecule has 0 fully saturated rings. The van der Waals surface area contributed by atoms with E-state index < -0.39 is 0 Å². The third-order valence-corrected chi connectivity index (χ3v) is 11.5. The van der Waals surface area contributed by atoms with Crippen molar-refractivity contribution in [3.63, 3.8) is 0 Å². The number of nitrogens with zero attached hydrogens (tertiary/aromatic N) is 5. The average molecular weight is 740 g/mol. The van der Waals surface area contributed by atoms with Gasteiger partial charge in [-0.15, -0.1) is 5.98 Å². The predicted octanol–water partition coefficient (Wildman–Crippen LogP) is 10.5.